The molecule has 364 valence electrons. The predicted octanol–water partition coefficient (Wildman–Crippen LogP) is 13.3. The van der Waals surface area contributed by atoms with E-state index in [4.69, 9.17) is 14.2 Å². The Morgan fingerprint density at radius 2 is 0.859 bits per heavy atom. The van der Waals surface area contributed by atoms with Crippen molar-refractivity contribution in [1.29, 1.82) is 0 Å². The van der Waals surface area contributed by atoms with Gasteiger partial charge in [-0.25, -0.2) is 0 Å². The molecule has 0 saturated heterocycles. The van der Waals surface area contributed by atoms with Crippen molar-refractivity contribution < 1.29 is 38.2 Å². The highest BCUT2D eigenvalue weighted by Gasteiger charge is 2.25. The fraction of sp³-hybridized carbons (Fsp3) is 0.661. The Morgan fingerprint density at radius 3 is 1.28 bits per heavy atom. The van der Waals surface area contributed by atoms with Crippen molar-refractivity contribution in [2.24, 2.45) is 0 Å². The molecule has 0 aliphatic rings. The highest BCUT2D eigenvalue weighted by atomic mass is 16.6. The van der Waals surface area contributed by atoms with Gasteiger partial charge in [0.1, 0.15) is 12.6 Å². The van der Waals surface area contributed by atoms with E-state index in [2.05, 4.69) is 98.9 Å². The number of allylic oxidation sites excluding steroid dienone is 16. The van der Waals surface area contributed by atoms with Gasteiger partial charge in [0.2, 0.25) is 0 Å². The standard InChI is InChI=1S/C56H93NO7/c1-6-8-10-12-14-16-18-20-22-24-26-27-29-31-33-35-37-39-41-43-45-47-55(59)64-52(50-62-49-48-53(56(60)61)57(3,4)5)51-63-54(58)46-44-42-40-38-36-34-32-30-28-25-23-21-19-17-15-13-11-9-7-2/h8-11,14-17,21,23,28,30,34,36,40,42,52-53H,6-7,12-13,18-20,22,24-27,29,31-33,35,37-39,41,43-51H2,1-5H3/b10-8+,11-9+,16-14+,17-15+,23-21+,30-28+,36-34+,42-40+. The number of carboxylic acid groups (broad SMARTS) is 1. The van der Waals surface area contributed by atoms with E-state index in [9.17, 15) is 19.5 Å². The van der Waals surface area contributed by atoms with Crippen LogP contribution in [0.25, 0.3) is 0 Å². The van der Waals surface area contributed by atoms with Gasteiger partial charge in [0.25, 0.3) is 0 Å². The molecule has 64 heavy (non-hydrogen) atoms. The van der Waals surface area contributed by atoms with Gasteiger partial charge < -0.3 is 28.6 Å². The van der Waals surface area contributed by atoms with Crippen LogP contribution < -0.4 is 5.11 Å². The normalized spacial score (nSPS) is 13.7. The van der Waals surface area contributed by atoms with Gasteiger partial charge in [-0.1, -0.05) is 188 Å². The van der Waals surface area contributed by atoms with E-state index >= 15 is 0 Å². The lowest BCUT2D eigenvalue weighted by Gasteiger charge is -2.34. The fourth-order valence-corrected chi connectivity index (χ4v) is 6.90. The fourth-order valence-electron chi connectivity index (χ4n) is 6.90. The lowest BCUT2D eigenvalue weighted by Crippen LogP contribution is -2.55. The molecule has 0 aromatic rings. The van der Waals surface area contributed by atoms with Gasteiger partial charge >= 0.3 is 11.9 Å². The van der Waals surface area contributed by atoms with Crippen molar-refractivity contribution in [3.05, 3.63) is 97.2 Å². The van der Waals surface area contributed by atoms with Crippen molar-refractivity contribution in [2.75, 3.05) is 41.0 Å². The minimum atomic E-state index is -1.14. The Kier molecular flexibility index (Phi) is 43.1. The summed E-state index contributed by atoms with van der Waals surface area (Å²) in [5.41, 5.74) is 0. The Hall–Kier alpha value is -3.75. The van der Waals surface area contributed by atoms with E-state index in [0.29, 0.717) is 12.8 Å². The monoisotopic (exact) mass is 892 g/mol. The second-order valence-electron chi connectivity index (χ2n) is 17.6. The summed E-state index contributed by atoms with van der Waals surface area (Å²) in [4.78, 5) is 37.0. The van der Waals surface area contributed by atoms with Crippen LogP contribution >= 0.6 is 0 Å². The molecule has 2 unspecified atom stereocenters. The third kappa shape index (κ3) is 43.5. The second-order valence-corrected chi connectivity index (χ2v) is 17.6. The first-order valence-electron chi connectivity index (χ1n) is 25.3. The molecule has 0 aliphatic heterocycles. The van der Waals surface area contributed by atoms with Crippen LogP contribution in [0.5, 0.6) is 0 Å². The van der Waals surface area contributed by atoms with Crippen LogP contribution in [-0.4, -0.2) is 75.5 Å². The van der Waals surface area contributed by atoms with Gasteiger partial charge in [-0.2, -0.15) is 0 Å². The highest BCUT2D eigenvalue weighted by molar-refractivity contribution is 5.70. The van der Waals surface area contributed by atoms with E-state index in [-0.39, 0.29) is 49.1 Å². The van der Waals surface area contributed by atoms with Gasteiger partial charge in [-0.15, -0.1) is 0 Å². The molecule has 0 saturated carbocycles. The van der Waals surface area contributed by atoms with E-state index in [1.165, 1.54) is 77.0 Å². The van der Waals surface area contributed by atoms with E-state index in [0.717, 1.165) is 70.6 Å². The van der Waals surface area contributed by atoms with Crippen LogP contribution in [0.15, 0.2) is 97.2 Å². The number of esters is 2. The summed E-state index contributed by atoms with van der Waals surface area (Å²) in [6, 6.07) is -0.742. The van der Waals surface area contributed by atoms with Crippen LogP contribution in [0, 0.1) is 0 Å². The SMILES string of the molecule is CC/C=C/C/C=C/C/C=C/C/C=C/C/C=C/C/C=C/CCC(=O)OCC(COCCC(C(=O)[O-])[N+](C)(C)C)OC(=O)CCCCCCCCCCCCCCCC/C=C/C/C=C/CC. The highest BCUT2D eigenvalue weighted by Crippen LogP contribution is 2.15. The molecule has 0 aromatic carbocycles. The smallest absolute Gasteiger partial charge is 0.306 e. The van der Waals surface area contributed by atoms with Gasteiger partial charge in [0.05, 0.1) is 40.3 Å². The Balaban J connectivity index is 4.36. The maximum absolute atomic E-state index is 12.8. The zero-order chi connectivity index (χ0) is 47.0. The lowest BCUT2D eigenvalue weighted by atomic mass is 10.0. The number of carboxylic acids is 1. The van der Waals surface area contributed by atoms with Crippen molar-refractivity contribution in [1.82, 2.24) is 0 Å². The Labute approximate surface area is 392 Å². The molecule has 8 heteroatoms. The summed E-state index contributed by atoms with van der Waals surface area (Å²) in [6.45, 7) is 4.37. The van der Waals surface area contributed by atoms with Crippen LogP contribution in [-0.2, 0) is 28.6 Å². The number of nitrogens with zero attached hydrogens (tertiary/aromatic N) is 1. The minimum Gasteiger partial charge on any atom is -0.544 e. The predicted molar refractivity (Wildman–Crippen MR) is 268 cm³/mol. The quantitative estimate of drug-likeness (QED) is 0.0260. The van der Waals surface area contributed by atoms with E-state index < -0.39 is 18.1 Å². The first kappa shape index (κ1) is 60.2. The van der Waals surface area contributed by atoms with Crippen molar-refractivity contribution in [3.8, 4) is 0 Å². The van der Waals surface area contributed by atoms with Gasteiger partial charge in [-0.05, 0) is 77.0 Å². The molecule has 0 amide bonds. The van der Waals surface area contributed by atoms with E-state index in [1.54, 1.807) is 21.1 Å². The summed E-state index contributed by atoms with van der Waals surface area (Å²) >= 11 is 0. The van der Waals surface area contributed by atoms with E-state index in [1.807, 2.05) is 12.2 Å². The molecule has 0 rings (SSSR count). The summed E-state index contributed by atoms with van der Waals surface area (Å²) in [5.74, 6) is -1.85. The van der Waals surface area contributed by atoms with Crippen LogP contribution in [0.2, 0.25) is 0 Å². The van der Waals surface area contributed by atoms with Crippen LogP contribution in [0.3, 0.4) is 0 Å². The number of ether oxygens (including phenoxy) is 3. The zero-order valence-electron chi connectivity index (χ0n) is 41.4. The number of carbonyl (C=O) groups excluding carboxylic acids is 3. The maximum atomic E-state index is 12.8. The first-order chi connectivity index (χ1) is 31.1. The van der Waals surface area contributed by atoms with Crippen molar-refractivity contribution in [2.45, 2.75) is 199 Å². The average Bonchev–Trinajstić information content (AvgIpc) is 3.26. The number of rotatable bonds is 44. The molecule has 0 aromatic heterocycles. The average molecular weight is 892 g/mol. The Bertz CT molecular complexity index is 1360. The molecule has 0 spiro atoms. The van der Waals surface area contributed by atoms with Crippen LogP contribution in [0.4, 0.5) is 0 Å². The topological polar surface area (TPSA) is 102 Å². The van der Waals surface area contributed by atoms with Gasteiger partial charge in [0, 0.05) is 19.3 Å². The minimum absolute atomic E-state index is 0.0124. The molecule has 0 N–H and O–H groups in total. The third-order valence-electron chi connectivity index (χ3n) is 10.7. The number of unbranched alkanes of at least 4 members (excludes halogenated alkanes) is 14. The number of carbonyl (C=O) groups is 3. The molecule has 0 radical (unpaired) electrons. The Morgan fingerprint density at radius 1 is 0.469 bits per heavy atom. The molecular weight excluding hydrogens is 799 g/mol. The molecule has 8 nitrogen and oxygen atoms in total. The lowest BCUT2D eigenvalue weighted by molar-refractivity contribution is -0.889. The molecule has 0 bridgehead atoms. The molecule has 2 atom stereocenters. The molecule has 0 fully saturated rings. The number of likely N-dealkylation sites (N-methyl/N-ethyl adjacent to an activating group) is 1. The second kappa shape index (κ2) is 45.8. The number of aliphatic carboxylic acids is 1. The van der Waals surface area contributed by atoms with Crippen LogP contribution in [0.1, 0.15) is 187 Å². The zero-order valence-corrected chi connectivity index (χ0v) is 41.4. The number of hydrogen-bond donors (Lipinski definition) is 0. The van der Waals surface area contributed by atoms with Crippen molar-refractivity contribution in [3.63, 3.8) is 0 Å². The van der Waals surface area contributed by atoms with Crippen molar-refractivity contribution >= 4 is 17.9 Å². The molecular formula is C56H93NO7. The first-order valence-corrected chi connectivity index (χ1v) is 25.3. The van der Waals surface area contributed by atoms with Gasteiger partial charge in [0.15, 0.2) is 6.10 Å². The molecule has 0 aliphatic carbocycles. The largest absolute Gasteiger partial charge is 0.544 e. The molecule has 0 heterocycles. The summed E-state index contributed by atoms with van der Waals surface area (Å²) in [6.07, 6.45) is 61.7. The van der Waals surface area contributed by atoms with Gasteiger partial charge in [-0.3, -0.25) is 9.59 Å². The number of quaternary nitrogens is 1. The maximum Gasteiger partial charge on any atom is 0.306 e. The summed E-state index contributed by atoms with van der Waals surface area (Å²) < 4.78 is 17.1. The summed E-state index contributed by atoms with van der Waals surface area (Å²) in [5, 5.41) is 11.7. The third-order valence-corrected chi connectivity index (χ3v) is 10.7. The summed E-state index contributed by atoms with van der Waals surface area (Å²) in [7, 11) is 5.39. The number of hydrogen-bond acceptors (Lipinski definition) is 7.